The Hall–Kier alpha value is -2.59. The molecule has 156 valence electrons. The van der Waals surface area contributed by atoms with Crippen LogP contribution >= 0.6 is 15.9 Å². The fourth-order valence-corrected chi connectivity index (χ4v) is 3.96. The molecule has 0 aliphatic carbocycles. The number of phenolic OH excluding ortho intramolecular Hbond substituents is 1. The van der Waals surface area contributed by atoms with E-state index in [0.29, 0.717) is 15.7 Å². The van der Waals surface area contributed by atoms with Crippen LogP contribution in [0.3, 0.4) is 0 Å². The van der Waals surface area contributed by atoms with E-state index in [1.165, 1.54) is 19.4 Å². The van der Waals surface area contributed by atoms with Gasteiger partial charge in [0.25, 0.3) is 5.91 Å². The maximum absolute atomic E-state index is 12.3. The van der Waals surface area contributed by atoms with Crippen LogP contribution in [0.4, 0.5) is 5.69 Å². The highest BCUT2D eigenvalue weighted by Gasteiger charge is 2.21. The number of anilines is 1. The van der Waals surface area contributed by atoms with Gasteiger partial charge in [-0.25, -0.2) is 13.8 Å². The number of aryl methyl sites for hydroxylation is 2. The molecule has 2 aromatic carbocycles. The molecule has 0 heterocycles. The highest BCUT2D eigenvalue weighted by atomic mass is 79.9. The van der Waals surface area contributed by atoms with Crippen molar-refractivity contribution in [3.05, 3.63) is 51.5 Å². The smallest absolute Gasteiger partial charge is 0.260 e. The first kappa shape index (κ1) is 22.7. The minimum Gasteiger partial charge on any atom is -0.503 e. The lowest BCUT2D eigenvalue weighted by Gasteiger charge is -2.22. The molecule has 0 atom stereocenters. The standard InChI is InChI=1S/C19H22BrN3O5S/c1-12-5-13(2)7-15(6-12)23(29(4,26)27)11-18(24)22-21-10-14-8-16(20)19(25)17(9-14)28-3/h5-10,25H,11H2,1-4H3,(H,22,24)/b21-10-. The Bertz CT molecular complexity index is 1030. The number of hydrogen-bond acceptors (Lipinski definition) is 6. The van der Waals surface area contributed by atoms with Crippen molar-refractivity contribution in [1.82, 2.24) is 5.43 Å². The summed E-state index contributed by atoms with van der Waals surface area (Å²) >= 11 is 3.20. The summed E-state index contributed by atoms with van der Waals surface area (Å²) in [6.07, 6.45) is 2.40. The zero-order valence-corrected chi connectivity index (χ0v) is 18.8. The molecule has 0 aromatic heterocycles. The lowest BCUT2D eigenvalue weighted by Crippen LogP contribution is -2.39. The van der Waals surface area contributed by atoms with Gasteiger partial charge in [0, 0.05) is 0 Å². The first-order valence-electron chi connectivity index (χ1n) is 8.45. The van der Waals surface area contributed by atoms with Crippen LogP contribution in [0.1, 0.15) is 16.7 Å². The zero-order valence-electron chi connectivity index (χ0n) is 16.4. The molecular formula is C19H22BrN3O5S. The molecule has 0 saturated carbocycles. The number of carbonyl (C=O) groups is 1. The third-order valence-corrected chi connectivity index (χ3v) is 5.60. The normalized spacial score (nSPS) is 11.5. The van der Waals surface area contributed by atoms with Crippen LogP contribution in [-0.2, 0) is 14.8 Å². The second kappa shape index (κ2) is 9.27. The van der Waals surface area contributed by atoms with Crippen molar-refractivity contribution in [2.24, 2.45) is 5.10 Å². The molecule has 0 spiro atoms. The average molecular weight is 484 g/mol. The van der Waals surface area contributed by atoms with Gasteiger partial charge in [0.1, 0.15) is 6.54 Å². The van der Waals surface area contributed by atoms with Crippen molar-refractivity contribution in [3.8, 4) is 11.5 Å². The summed E-state index contributed by atoms with van der Waals surface area (Å²) in [7, 11) is -2.26. The van der Waals surface area contributed by atoms with Crippen molar-refractivity contribution in [3.63, 3.8) is 0 Å². The summed E-state index contributed by atoms with van der Waals surface area (Å²) < 4.78 is 30.9. The van der Waals surface area contributed by atoms with E-state index in [2.05, 4.69) is 26.5 Å². The lowest BCUT2D eigenvalue weighted by molar-refractivity contribution is -0.119. The van der Waals surface area contributed by atoms with Gasteiger partial charge in [0.2, 0.25) is 10.0 Å². The van der Waals surface area contributed by atoms with Crippen LogP contribution in [0, 0.1) is 13.8 Å². The van der Waals surface area contributed by atoms with E-state index >= 15 is 0 Å². The number of carbonyl (C=O) groups excluding carboxylic acids is 1. The van der Waals surface area contributed by atoms with Crippen LogP contribution in [0.2, 0.25) is 0 Å². The van der Waals surface area contributed by atoms with E-state index in [1.807, 2.05) is 19.9 Å². The molecule has 8 nitrogen and oxygen atoms in total. The monoisotopic (exact) mass is 483 g/mol. The summed E-state index contributed by atoms with van der Waals surface area (Å²) in [5.74, 6) is -0.410. The van der Waals surface area contributed by atoms with Crippen LogP contribution in [0.25, 0.3) is 0 Å². The summed E-state index contributed by atoms with van der Waals surface area (Å²) in [6, 6.07) is 8.44. The van der Waals surface area contributed by atoms with Gasteiger partial charge in [-0.3, -0.25) is 9.10 Å². The fourth-order valence-electron chi connectivity index (χ4n) is 2.66. The molecule has 2 aromatic rings. The number of methoxy groups -OCH3 is 1. The van der Waals surface area contributed by atoms with Crippen LogP contribution in [0.5, 0.6) is 11.5 Å². The molecule has 0 aliphatic rings. The Labute approximate surface area is 178 Å². The molecule has 0 bridgehead atoms. The maximum atomic E-state index is 12.3. The number of sulfonamides is 1. The summed E-state index contributed by atoms with van der Waals surface area (Å²) in [6.45, 7) is 3.29. The Kier molecular flexibility index (Phi) is 7.26. The molecule has 10 heteroatoms. The van der Waals surface area contributed by atoms with E-state index < -0.39 is 22.5 Å². The second-order valence-electron chi connectivity index (χ2n) is 6.46. The molecule has 2 rings (SSSR count). The van der Waals surface area contributed by atoms with Crippen molar-refractivity contribution in [2.45, 2.75) is 13.8 Å². The number of phenols is 1. The van der Waals surface area contributed by atoms with Gasteiger partial charge in [-0.15, -0.1) is 0 Å². The van der Waals surface area contributed by atoms with Gasteiger partial charge >= 0.3 is 0 Å². The van der Waals surface area contributed by atoms with Gasteiger partial charge < -0.3 is 9.84 Å². The number of nitrogens with one attached hydrogen (secondary N) is 1. The first-order chi connectivity index (χ1) is 13.5. The third-order valence-electron chi connectivity index (χ3n) is 3.86. The SMILES string of the molecule is COc1cc(/C=N\NC(=O)CN(c2cc(C)cc(C)c2)S(C)(=O)=O)cc(Br)c1O. The molecule has 2 N–H and O–H groups in total. The molecule has 0 aliphatic heterocycles. The molecule has 29 heavy (non-hydrogen) atoms. The highest BCUT2D eigenvalue weighted by molar-refractivity contribution is 9.10. The molecule has 1 amide bonds. The number of benzene rings is 2. The van der Waals surface area contributed by atoms with E-state index in [4.69, 9.17) is 4.74 Å². The van der Waals surface area contributed by atoms with Gasteiger partial charge in [-0.05, 0) is 70.7 Å². The topological polar surface area (TPSA) is 108 Å². The number of halogens is 1. The highest BCUT2D eigenvalue weighted by Crippen LogP contribution is 2.34. The number of nitrogens with zero attached hydrogens (tertiary/aromatic N) is 2. The Morgan fingerprint density at radius 1 is 1.24 bits per heavy atom. The zero-order chi connectivity index (χ0) is 21.8. The van der Waals surface area contributed by atoms with Gasteiger partial charge in [0.05, 0.1) is 29.7 Å². The van der Waals surface area contributed by atoms with Crippen molar-refractivity contribution >= 4 is 43.8 Å². The van der Waals surface area contributed by atoms with Crippen LogP contribution in [0.15, 0.2) is 39.9 Å². The van der Waals surface area contributed by atoms with Crippen LogP contribution < -0.4 is 14.5 Å². The predicted octanol–water partition coefficient (Wildman–Crippen LogP) is 2.70. The van der Waals surface area contributed by atoms with E-state index in [1.54, 1.807) is 18.2 Å². The quantitative estimate of drug-likeness (QED) is 0.464. The van der Waals surface area contributed by atoms with Gasteiger partial charge in [0.15, 0.2) is 11.5 Å². The van der Waals surface area contributed by atoms with Crippen LogP contribution in [-0.4, -0.2) is 45.6 Å². The van der Waals surface area contributed by atoms with Gasteiger partial charge in [-0.1, -0.05) is 6.07 Å². The first-order valence-corrected chi connectivity index (χ1v) is 11.1. The number of ether oxygens (including phenoxy) is 1. The third kappa shape index (κ3) is 6.20. The molecule has 0 radical (unpaired) electrons. The van der Waals surface area contributed by atoms with Crippen molar-refractivity contribution < 1.29 is 23.1 Å². The van der Waals surface area contributed by atoms with Crippen molar-refractivity contribution in [2.75, 3.05) is 24.2 Å². The number of hydrogen-bond donors (Lipinski definition) is 2. The van der Waals surface area contributed by atoms with E-state index in [9.17, 15) is 18.3 Å². The number of rotatable bonds is 7. The number of aromatic hydroxyl groups is 1. The largest absolute Gasteiger partial charge is 0.503 e. The van der Waals surface area contributed by atoms with E-state index in [-0.39, 0.29) is 11.5 Å². The molecule has 0 fully saturated rings. The van der Waals surface area contributed by atoms with Gasteiger partial charge in [-0.2, -0.15) is 5.10 Å². The minimum absolute atomic E-state index is 0.0501. The number of hydrazone groups is 1. The van der Waals surface area contributed by atoms with E-state index in [0.717, 1.165) is 21.7 Å². The molecule has 0 saturated heterocycles. The summed E-state index contributed by atoms with van der Waals surface area (Å²) in [5.41, 5.74) is 5.06. The summed E-state index contributed by atoms with van der Waals surface area (Å²) in [5, 5.41) is 13.7. The van der Waals surface area contributed by atoms with Crippen molar-refractivity contribution in [1.29, 1.82) is 0 Å². The maximum Gasteiger partial charge on any atom is 0.260 e. The Morgan fingerprint density at radius 3 is 2.41 bits per heavy atom. The minimum atomic E-state index is -3.67. The predicted molar refractivity (Wildman–Crippen MR) is 116 cm³/mol. The fraction of sp³-hybridized carbons (Fsp3) is 0.263. The average Bonchev–Trinajstić information content (AvgIpc) is 2.60. The Morgan fingerprint density at radius 2 is 1.86 bits per heavy atom. The second-order valence-corrected chi connectivity index (χ2v) is 9.22. The number of amides is 1. The molecule has 0 unspecified atom stereocenters. The lowest BCUT2D eigenvalue weighted by atomic mass is 10.1. The Balaban J connectivity index is 2.15. The molecular weight excluding hydrogens is 462 g/mol. The summed E-state index contributed by atoms with van der Waals surface area (Å²) in [4.78, 5) is 12.3.